The number of allylic oxidation sites excluding steroid dienone is 1. The van der Waals surface area contributed by atoms with Gasteiger partial charge in [0.15, 0.2) is 0 Å². The Hall–Kier alpha value is -3.06. The van der Waals surface area contributed by atoms with Gasteiger partial charge in [0.05, 0.1) is 11.2 Å². The SMILES string of the molecule is O=C(NC(=O)c1c(F)cccc1F)ON=CC(Cl)=Cc1ccccc1. The molecular formula is C17H11ClF2N2O3. The number of amides is 2. The van der Waals surface area contributed by atoms with E-state index in [1.807, 2.05) is 18.2 Å². The highest BCUT2D eigenvalue weighted by atomic mass is 35.5. The van der Waals surface area contributed by atoms with Crippen LogP contribution in [0.1, 0.15) is 15.9 Å². The molecule has 0 unspecified atom stereocenters. The van der Waals surface area contributed by atoms with Gasteiger partial charge in [0, 0.05) is 0 Å². The minimum Gasteiger partial charge on any atom is -0.298 e. The number of halogens is 3. The van der Waals surface area contributed by atoms with Crippen LogP contribution < -0.4 is 5.32 Å². The first kappa shape index (κ1) is 18.3. The van der Waals surface area contributed by atoms with Crippen molar-refractivity contribution < 1.29 is 23.2 Å². The maximum absolute atomic E-state index is 13.4. The normalized spacial score (nSPS) is 11.4. The van der Waals surface area contributed by atoms with Gasteiger partial charge in [-0.05, 0) is 23.8 Å². The van der Waals surface area contributed by atoms with Gasteiger partial charge in [-0.15, -0.1) is 0 Å². The predicted octanol–water partition coefficient (Wildman–Crippen LogP) is 4.10. The van der Waals surface area contributed by atoms with Gasteiger partial charge in [-0.1, -0.05) is 53.2 Å². The van der Waals surface area contributed by atoms with E-state index >= 15 is 0 Å². The standard InChI is InChI=1S/C17H11ClF2N2O3/c18-12(9-11-5-2-1-3-6-11)10-21-25-17(24)22-16(23)15-13(19)7-4-8-14(15)20/h1-10H,(H,22,23,24). The van der Waals surface area contributed by atoms with Crippen LogP contribution in [0.5, 0.6) is 0 Å². The van der Waals surface area contributed by atoms with E-state index in [9.17, 15) is 18.4 Å². The number of nitrogens with one attached hydrogen (secondary N) is 1. The summed E-state index contributed by atoms with van der Waals surface area (Å²) in [5.74, 6) is -3.51. The molecule has 0 aliphatic rings. The smallest absolute Gasteiger partial charge is 0.298 e. The van der Waals surface area contributed by atoms with Crippen molar-refractivity contribution >= 4 is 35.9 Å². The van der Waals surface area contributed by atoms with Gasteiger partial charge < -0.3 is 0 Å². The highest BCUT2D eigenvalue weighted by Crippen LogP contribution is 2.12. The largest absolute Gasteiger partial charge is 0.440 e. The second-order valence-corrected chi connectivity index (χ2v) is 5.04. The minimum absolute atomic E-state index is 0.158. The van der Waals surface area contributed by atoms with Crippen LogP contribution in [-0.4, -0.2) is 18.2 Å². The van der Waals surface area contributed by atoms with Gasteiger partial charge >= 0.3 is 6.09 Å². The summed E-state index contributed by atoms with van der Waals surface area (Å²) in [5.41, 5.74) is -0.0981. The first-order valence-corrected chi connectivity index (χ1v) is 7.27. The zero-order valence-electron chi connectivity index (χ0n) is 12.6. The molecule has 0 aromatic heterocycles. The Morgan fingerprint density at radius 2 is 1.68 bits per heavy atom. The Bertz CT molecular complexity index is 819. The Morgan fingerprint density at radius 1 is 1.04 bits per heavy atom. The molecule has 25 heavy (non-hydrogen) atoms. The van der Waals surface area contributed by atoms with Crippen molar-refractivity contribution in [1.82, 2.24) is 5.32 Å². The Kier molecular flexibility index (Phi) is 6.36. The zero-order valence-corrected chi connectivity index (χ0v) is 13.3. The van der Waals surface area contributed by atoms with Crippen LogP contribution in [0.2, 0.25) is 0 Å². The van der Waals surface area contributed by atoms with Gasteiger partial charge in [-0.25, -0.2) is 13.6 Å². The third-order valence-electron chi connectivity index (χ3n) is 2.82. The molecular weight excluding hydrogens is 354 g/mol. The molecule has 0 aliphatic heterocycles. The van der Waals surface area contributed by atoms with Crippen LogP contribution in [0.3, 0.4) is 0 Å². The molecule has 0 saturated heterocycles. The van der Waals surface area contributed by atoms with Crippen molar-refractivity contribution in [2.75, 3.05) is 0 Å². The second-order valence-electron chi connectivity index (χ2n) is 4.60. The molecule has 2 aromatic carbocycles. The molecule has 0 aliphatic carbocycles. The first-order chi connectivity index (χ1) is 12.0. The van der Waals surface area contributed by atoms with Crippen LogP contribution in [0.25, 0.3) is 6.08 Å². The molecule has 0 fully saturated rings. The van der Waals surface area contributed by atoms with Crippen molar-refractivity contribution in [1.29, 1.82) is 0 Å². The van der Waals surface area contributed by atoms with Gasteiger partial charge in [0.25, 0.3) is 5.91 Å². The van der Waals surface area contributed by atoms with Crippen LogP contribution in [0.4, 0.5) is 13.6 Å². The predicted molar refractivity (Wildman–Crippen MR) is 89.1 cm³/mol. The summed E-state index contributed by atoms with van der Waals surface area (Å²) in [5, 5.41) is 5.08. The number of hydrogen-bond donors (Lipinski definition) is 1. The molecule has 8 heteroatoms. The summed E-state index contributed by atoms with van der Waals surface area (Å²) < 4.78 is 26.8. The number of oxime groups is 1. The monoisotopic (exact) mass is 364 g/mol. The summed E-state index contributed by atoms with van der Waals surface area (Å²) in [6.07, 6.45) is 1.28. The molecule has 0 spiro atoms. The van der Waals surface area contributed by atoms with Crippen molar-refractivity contribution in [2.24, 2.45) is 5.16 Å². The van der Waals surface area contributed by atoms with E-state index in [2.05, 4.69) is 9.99 Å². The fourth-order valence-corrected chi connectivity index (χ4v) is 1.93. The molecule has 1 N–H and O–H groups in total. The third kappa shape index (κ3) is 5.50. The van der Waals surface area contributed by atoms with Crippen LogP contribution >= 0.6 is 11.6 Å². The van der Waals surface area contributed by atoms with E-state index in [1.165, 1.54) is 0 Å². The number of nitrogens with zero attached hydrogens (tertiary/aromatic N) is 1. The lowest BCUT2D eigenvalue weighted by Crippen LogP contribution is -2.31. The maximum Gasteiger partial charge on any atom is 0.440 e. The van der Waals surface area contributed by atoms with Crippen molar-refractivity contribution in [3.8, 4) is 0 Å². The van der Waals surface area contributed by atoms with E-state index in [0.29, 0.717) is 0 Å². The summed E-state index contributed by atoms with van der Waals surface area (Å²) in [6, 6.07) is 11.9. The summed E-state index contributed by atoms with van der Waals surface area (Å²) in [4.78, 5) is 27.4. The number of carbonyl (C=O) groups excluding carboxylic acids is 2. The number of imide groups is 1. The van der Waals surface area contributed by atoms with E-state index in [0.717, 1.165) is 30.0 Å². The summed E-state index contributed by atoms with van der Waals surface area (Å²) >= 11 is 5.88. The Balaban J connectivity index is 1.92. The molecule has 2 amide bonds. The van der Waals surface area contributed by atoms with E-state index in [-0.39, 0.29) is 5.03 Å². The van der Waals surface area contributed by atoms with E-state index in [4.69, 9.17) is 11.6 Å². The van der Waals surface area contributed by atoms with Crippen molar-refractivity contribution in [2.45, 2.75) is 0 Å². The van der Waals surface area contributed by atoms with E-state index in [1.54, 1.807) is 23.5 Å². The van der Waals surface area contributed by atoms with Gasteiger partial charge in [0.2, 0.25) is 0 Å². The quantitative estimate of drug-likeness (QED) is 0.504. The lowest BCUT2D eigenvalue weighted by atomic mass is 10.2. The first-order valence-electron chi connectivity index (χ1n) is 6.89. The molecule has 0 saturated carbocycles. The highest BCUT2D eigenvalue weighted by molar-refractivity contribution is 6.41. The van der Waals surface area contributed by atoms with Crippen molar-refractivity contribution in [3.05, 3.63) is 76.3 Å². The second kappa shape index (κ2) is 8.70. The molecule has 0 heterocycles. The lowest BCUT2D eigenvalue weighted by Gasteiger charge is -2.04. The molecule has 0 atom stereocenters. The molecule has 0 bridgehead atoms. The minimum atomic E-state index is -1.31. The maximum atomic E-state index is 13.4. The zero-order chi connectivity index (χ0) is 18.2. The fourth-order valence-electron chi connectivity index (χ4n) is 1.76. The lowest BCUT2D eigenvalue weighted by molar-refractivity contribution is 0.0915. The average Bonchev–Trinajstić information content (AvgIpc) is 2.55. The Morgan fingerprint density at radius 3 is 2.32 bits per heavy atom. The van der Waals surface area contributed by atoms with Gasteiger partial charge in [0.1, 0.15) is 17.2 Å². The Labute approximate surface area is 146 Å². The van der Waals surface area contributed by atoms with E-state index < -0.39 is 29.2 Å². The van der Waals surface area contributed by atoms with Gasteiger partial charge in [-0.3, -0.25) is 14.9 Å². The average molecular weight is 365 g/mol. The summed E-state index contributed by atoms with van der Waals surface area (Å²) in [6.45, 7) is 0. The number of rotatable bonds is 4. The molecule has 2 aromatic rings. The van der Waals surface area contributed by atoms with Crippen LogP contribution in [0, 0.1) is 11.6 Å². The molecule has 5 nitrogen and oxygen atoms in total. The number of carbonyl (C=O) groups is 2. The molecule has 2 rings (SSSR count). The fraction of sp³-hybridized carbons (Fsp3) is 0. The van der Waals surface area contributed by atoms with Crippen molar-refractivity contribution in [3.63, 3.8) is 0 Å². The number of hydrogen-bond acceptors (Lipinski definition) is 4. The van der Waals surface area contributed by atoms with Crippen LogP contribution in [0.15, 0.2) is 58.7 Å². The molecule has 128 valence electrons. The van der Waals surface area contributed by atoms with Gasteiger partial charge in [-0.2, -0.15) is 0 Å². The summed E-state index contributed by atoms with van der Waals surface area (Å²) in [7, 11) is 0. The topological polar surface area (TPSA) is 67.8 Å². The third-order valence-corrected chi connectivity index (χ3v) is 3.03. The number of benzene rings is 2. The molecule has 0 radical (unpaired) electrons. The highest BCUT2D eigenvalue weighted by Gasteiger charge is 2.19. The van der Waals surface area contributed by atoms with Crippen LogP contribution in [-0.2, 0) is 4.84 Å².